The summed E-state index contributed by atoms with van der Waals surface area (Å²) in [4.78, 5) is 37.7. The first-order chi connectivity index (χ1) is 18.8. The Morgan fingerprint density at radius 1 is 0.949 bits per heavy atom. The van der Waals surface area contributed by atoms with Crippen molar-refractivity contribution in [3.8, 4) is 11.4 Å². The van der Waals surface area contributed by atoms with Gasteiger partial charge >= 0.3 is 0 Å². The van der Waals surface area contributed by atoms with Crippen LogP contribution in [-0.4, -0.2) is 28.9 Å². The molecule has 0 spiro atoms. The second-order valence-corrected chi connectivity index (χ2v) is 8.95. The lowest BCUT2D eigenvalue weighted by Gasteiger charge is -2.13. The summed E-state index contributed by atoms with van der Waals surface area (Å²) < 4.78 is 21.3. The van der Waals surface area contributed by atoms with E-state index in [0.717, 1.165) is 22.6 Å². The van der Waals surface area contributed by atoms with Gasteiger partial charge in [-0.2, -0.15) is 0 Å². The summed E-state index contributed by atoms with van der Waals surface area (Å²) in [6, 6.07) is 23.9. The number of para-hydroxylation sites is 2. The minimum Gasteiger partial charge on any atom is -0.484 e. The molecule has 196 valence electrons. The summed E-state index contributed by atoms with van der Waals surface area (Å²) in [5.74, 6) is -1.41. The highest BCUT2D eigenvalue weighted by atomic mass is 19.1. The largest absolute Gasteiger partial charge is 0.484 e. The second kappa shape index (κ2) is 10.7. The van der Waals surface area contributed by atoms with Crippen molar-refractivity contribution in [2.45, 2.75) is 13.8 Å². The quantitative estimate of drug-likeness (QED) is 0.271. The Kier molecular flexibility index (Phi) is 6.96. The zero-order chi connectivity index (χ0) is 27.5. The number of aromatic nitrogens is 1. The van der Waals surface area contributed by atoms with E-state index in [0.29, 0.717) is 11.4 Å². The van der Waals surface area contributed by atoms with Crippen molar-refractivity contribution in [3.63, 3.8) is 0 Å². The van der Waals surface area contributed by atoms with E-state index in [2.05, 4.69) is 10.7 Å². The number of halogens is 1. The van der Waals surface area contributed by atoms with Crippen LogP contribution in [0.5, 0.6) is 5.75 Å². The van der Waals surface area contributed by atoms with E-state index in [4.69, 9.17) is 4.74 Å². The number of rotatable bonds is 7. The monoisotopic (exact) mass is 524 g/mol. The average molecular weight is 525 g/mol. The number of aryl methyl sites for hydroxylation is 1. The summed E-state index contributed by atoms with van der Waals surface area (Å²) in [6.07, 6.45) is 1.60. The van der Waals surface area contributed by atoms with Gasteiger partial charge in [-0.1, -0.05) is 30.3 Å². The fourth-order valence-electron chi connectivity index (χ4n) is 4.39. The fourth-order valence-corrected chi connectivity index (χ4v) is 4.39. The van der Waals surface area contributed by atoms with Crippen LogP contribution < -0.4 is 20.5 Å². The summed E-state index contributed by atoms with van der Waals surface area (Å²) >= 11 is 0. The molecule has 3 aromatic carbocycles. The molecule has 1 aliphatic heterocycles. The number of anilines is 2. The van der Waals surface area contributed by atoms with Crippen molar-refractivity contribution in [2.24, 2.45) is 0 Å². The maximum absolute atomic E-state index is 13.7. The molecule has 4 aromatic rings. The van der Waals surface area contributed by atoms with Crippen LogP contribution in [0.2, 0.25) is 0 Å². The number of amides is 3. The minimum absolute atomic E-state index is 0.0523. The van der Waals surface area contributed by atoms with Crippen molar-refractivity contribution in [1.29, 1.82) is 0 Å². The van der Waals surface area contributed by atoms with Gasteiger partial charge in [0.25, 0.3) is 17.7 Å². The average Bonchev–Trinajstić information content (AvgIpc) is 3.38. The predicted molar refractivity (Wildman–Crippen MR) is 146 cm³/mol. The zero-order valence-electron chi connectivity index (χ0n) is 21.3. The molecule has 5 rings (SSSR count). The van der Waals surface area contributed by atoms with Crippen LogP contribution in [0.3, 0.4) is 0 Å². The van der Waals surface area contributed by atoms with Crippen molar-refractivity contribution >= 4 is 35.2 Å². The Morgan fingerprint density at radius 2 is 1.64 bits per heavy atom. The van der Waals surface area contributed by atoms with Crippen molar-refractivity contribution in [3.05, 3.63) is 113 Å². The number of nitrogens with zero attached hydrogens (tertiary/aromatic N) is 2. The van der Waals surface area contributed by atoms with Crippen LogP contribution in [0.15, 0.2) is 90.5 Å². The molecule has 1 aliphatic rings. The summed E-state index contributed by atoms with van der Waals surface area (Å²) in [7, 11) is 0. The van der Waals surface area contributed by atoms with E-state index < -0.39 is 23.5 Å². The number of hydrogen-bond acceptors (Lipinski definition) is 4. The number of hydrazine groups is 1. The molecule has 0 unspecified atom stereocenters. The van der Waals surface area contributed by atoms with Gasteiger partial charge in [-0.05, 0) is 80.1 Å². The molecule has 9 heteroatoms. The van der Waals surface area contributed by atoms with Gasteiger partial charge in [0.05, 0.1) is 11.4 Å². The minimum atomic E-state index is -0.519. The molecular weight excluding hydrogens is 499 g/mol. The number of nitrogens with one attached hydrogen (secondary N) is 2. The van der Waals surface area contributed by atoms with Crippen LogP contribution >= 0.6 is 0 Å². The standard InChI is InChI=1S/C30H25FN4O4/c1-19-16-21(17-25-29(37)33-35(30(25)38)23-8-4-3-5-9-23)20(2)34(19)22-12-14-24(15-13-22)39-18-28(36)32-27-11-7-6-10-26(27)31/h3-17H,18H2,1-2H3,(H,32,36)(H,33,37)/b25-17-. The Labute approximate surface area is 224 Å². The fraction of sp³-hybridized carbons (Fsp3) is 0.100. The predicted octanol–water partition coefficient (Wildman–Crippen LogP) is 4.71. The third-order valence-corrected chi connectivity index (χ3v) is 6.29. The number of carbonyl (C=O) groups is 3. The van der Waals surface area contributed by atoms with Gasteiger partial charge in [0.15, 0.2) is 6.61 Å². The van der Waals surface area contributed by atoms with E-state index >= 15 is 0 Å². The number of benzene rings is 3. The Morgan fingerprint density at radius 3 is 2.36 bits per heavy atom. The number of carbonyl (C=O) groups excluding carboxylic acids is 3. The topological polar surface area (TPSA) is 92.7 Å². The highest BCUT2D eigenvalue weighted by Gasteiger charge is 2.34. The van der Waals surface area contributed by atoms with E-state index in [9.17, 15) is 18.8 Å². The van der Waals surface area contributed by atoms with Crippen molar-refractivity contribution < 1.29 is 23.5 Å². The van der Waals surface area contributed by atoms with Crippen LogP contribution in [0.25, 0.3) is 11.8 Å². The molecule has 8 nitrogen and oxygen atoms in total. The molecular formula is C30H25FN4O4. The first-order valence-electron chi connectivity index (χ1n) is 12.2. The van der Waals surface area contributed by atoms with Gasteiger partial charge in [0, 0.05) is 17.1 Å². The molecule has 1 aromatic heterocycles. The highest BCUT2D eigenvalue weighted by molar-refractivity contribution is 6.31. The SMILES string of the molecule is Cc1cc(/C=C2/C(=O)NN(c3ccccc3)C2=O)c(C)n1-c1ccc(OCC(=O)Nc2ccccc2F)cc1. The third kappa shape index (κ3) is 5.28. The van der Waals surface area contributed by atoms with Crippen LogP contribution in [0.4, 0.5) is 15.8 Å². The Hall–Kier alpha value is -5.18. The van der Waals surface area contributed by atoms with Gasteiger partial charge in [0.1, 0.15) is 17.1 Å². The maximum atomic E-state index is 13.7. The van der Waals surface area contributed by atoms with Gasteiger partial charge in [-0.25, -0.2) is 9.40 Å². The lowest BCUT2D eigenvalue weighted by atomic mass is 10.1. The molecule has 2 heterocycles. The molecule has 0 atom stereocenters. The Bertz CT molecular complexity index is 1590. The molecule has 39 heavy (non-hydrogen) atoms. The van der Waals surface area contributed by atoms with Gasteiger partial charge in [-0.3, -0.25) is 19.8 Å². The molecule has 0 bridgehead atoms. The summed E-state index contributed by atoms with van der Waals surface area (Å²) in [5.41, 5.74) is 6.67. The van der Waals surface area contributed by atoms with E-state index in [-0.39, 0.29) is 17.9 Å². The van der Waals surface area contributed by atoms with Gasteiger partial charge in [-0.15, -0.1) is 0 Å². The van der Waals surface area contributed by atoms with E-state index in [1.807, 2.05) is 42.7 Å². The smallest absolute Gasteiger partial charge is 0.282 e. The lowest BCUT2D eigenvalue weighted by Crippen LogP contribution is -2.35. The molecule has 0 saturated carbocycles. The van der Waals surface area contributed by atoms with Crippen molar-refractivity contribution in [2.75, 3.05) is 16.9 Å². The van der Waals surface area contributed by atoms with E-state index in [1.165, 1.54) is 17.1 Å². The molecule has 0 radical (unpaired) electrons. The first kappa shape index (κ1) is 25.5. The Balaban J connectivity index is 1.29. The molecule has 3 amide bonds. The zero-order valence-corrected chi connectivity index (χ0v) is 21.3. The number of ether oxygens (including phenoxy) is 1. The molecule has 1 saturated heterocycles. The molecule has 2 N–H and O–H groups in total. The van der Waals surface area contributed by atoms with Crippen LogP contribution in [0, 0.1) is 19.7 Å². The van der Waals surface area contributed by atoms with Gasteiger partial charge < -0.3 is 14.6 Å². The first-order valence-corrected chi connectivity index (χ1v) is 12.2. The molecule has 0 aliphatic carbocycles. The van der Waals surface area contributed by atoms with E-state index in [1.54, 1.807) is 54.6 Å². The summed E-state index contributed by atoms with van der Waals surface area (Å²) in [5, 5.41) is 3.72. The second-order valence-electron chi connectivity index (χ2n) is 8.95. The van der Waals surface area contributed by atoms with Crippen LogP contribution in [0.1, 0.15) is 17.0 Å². The number of hydrogen-bond donors (Lipinski definition) is 2. The van der Waals surface area contributed by atoms with Crippen molar-refractivity contribution in [1.82, 2.24) is 9.99 Å². The normalized spacial score (nSPS) is 14.0. The van der Waals surface area contributed by atoms with Crippen LogP contribution in [-0.2, 0) is 14.4 Å². The molecule has 1 fully saturated rings. The summed E-state index contributed by atoms with van der Waals surface area (Å²) in [6.45, 7) is 3.56. The maximum Gasteiger partial charge on any atom is 0.282 e. The van der Waals surface area contributed by atoms with Gasteiger partial charge in [0.2, 0.25) is 0 Å². The lowest BCUT2D eigenvalue weighted by molar-refractivity contribution is -0.118. The highest BCUT2D eigenvalue weighted by Crippen LogP contribution is 2.27. The third-order valence-electron chi connectivity index (χ3n) is 6.29.